The molecule has 0 aromatic carbocycles. The molecule has 3 rings (SSSR count). The predicted octanol–water partition coefficient (Wildman–Crippen LogP) is 2.52. The Morgan fingerprint density at radius 2 is 2.19 bits per heavy atom. The molecule has 0 atom stereocenters. The van der Waals surface area contributed by atoms with E-state index in [-0.39, 0.29) is 0 Å². The highest BCUT2D eigenvalue weighted by molar-refractivity contribution is 9.10. The largest absolute Gasteiger partial charge is 0.336 e. The minimum absolute atomic E-state index is 0.962. The monoisotopic (exact) mass is 276 g/mol. The van der Waals surface area contributed by atoms with E-state index < -0.39 is 0 Å². The van der Waals surface area contributed by atoms with Crippen molar-refractivity contribution in [1.82, 2.24) is 19.3 Å². The lowest BCUT2D eigenvalue weighted by molar-refractivity contribution is 0.884. The van der Waals surface area contributed by atoms with Crippen LogP contribution in [-0.4, -0.2) is 19.3 Å². The molecule has 3 aromatic rings. The van der Waals surface area contributed by atoms with Gasteiger partial charge in [0.1, 0.15) is 5.65 Å². The molecule has 16 heavy (non-hydrogen) atoms. The molecule has 3 heterocycles. The third kappa shape index (κ3) is 1.36. The van der Waals surface area contributed by atoms with Gasteiger partial charge in [0.15, 0.2) is 0 Å². The summed E-state index contributed by atoms with van der Waals surface area (Å²) in [5, 5.41) is 5.38. The van der Waals surface area contributed by atoms with E-state index in [9.17, 15) is 0 Å². The first kappa shape index (κ1) is 9.59. The lowest BCUT2D eigenvalue weighted by Gasteiger charge is -2.03. The fraction of sp³-hybridized carbons (Fsp3) is 0.0909. The van der Waals surface area contributed by atoms with Crippen LogP contribution < -0.4 is 0 Å². The van der Waals surface area contributed by atoms with E-state index in [1.54, 1.807) is 12.4 Å². The molecule has 0 unspecified atom stereocenters. The lowest BCUT2D eigenvalue weighted by Crippen LogP contribution is -1.96. The van der Waals surface area contributed by atoms with Gasteiger partial charge in [-0.15, -0.1) is 0 Å². The van der Waals surface area contributed by atoms with Gasteiger partial charge in [0, 0.05) is 31.0 Å². The van der Waals surface area contributed by atoms with Gasteiger partial charge in [-0.2, -0.15) is 5.10 Å². The summed E-state index contributed by atoms with van der Waals surface area (Å²) in [7, 11) is 1.98. The van der Waals surface area contributed by atoms with Crippen molar-refractivity contribution in [2.75, 3.05) is 0 Å². The number of pyridine rings is 1. The summed E-state index contributed by atoms with van der Waals surface area (Å²) in [6.07, 6.45) is 7.50. The number of hydrogen-bond donors (Lipinski definition) is 0. The van der Waals surface area contributed by atoms with Gasteiger partial charge in [-0.3, -0.25) is 0 Å². The second-order valence-corrected chi connectivity index (χ2v) is 4.51. The molecule has 4 nitrogen and oxygen atoms in total. The third-order valence-electron chi connectivity index (χ3n) is 2.54. The number of fused-ring (bicyclic) bond motifs is 1. The molecule has 0 spiro atoms. The summed E-state index contributed by atoms with van der Waals surface area (Å²) in [4.78, 5) is 4.34. The highest BCUT2D eigenvalue weighted by atomic mass is 79.9. The van der Waals surface area contributed by atoms with Crippen molar-refractivity contribution in [2.45, 2.75) is 0 Å². The zero-order valence-electron chi connectivity index (χ0n) is 8.63. The highest BCUT2D eigenvalue weighted by Crippen LogP contribution is 2.21. The van der Waals surface area contributed by atoms with Crippen LogP contribution in [0.25, 0.3) is 16.7 Å². The van der Waals surface area contributed by atoms with Gasteiger partial charge in [-0.1, -0.05) is 0 Å². The van der Waals surface area contributed by atoms with E-state index in [4.69, 9.17) is 0 Å². The number of nitrogens with zero attached hydrogens (tertiary/aromatic N) is 4. The fourth-order valence-corrected chi connectivity index (χ4v) is 2.07. The molecule has 0 N–H and O–H groups in total. The predicted molar refractivity (Wildman–Crippen MR) is 65.5 cm³/mol. The Hall–Kier alpha value is -1.62. The summed E-state index contributed by atoms with van der Waals surface area (Å²) in [6, 6.07) is 4.01. The smallest absolute Gasteiger partial charge is 0.141 e. The summed E-state index contributed by atoms with van der Waals surface area (Å²) in [5.74, 6) is 0. The molecule has 0 aliphatic heterocycles. The molecule has 80 valence electrons. The highest BCUT2D eigenvalue weighted by Gasteiger charge is 2.07. The van der Waals surface area contributed by atoms with E-state index in [0.717, 1.165) is 21.2 Å². The molecule has 0 fully saturated rings. The van der Waals surface area contributed by atoms with E-state index in [2.05, 4.69) is 26.0 Å². The molecule has 0 saturated carbocycles. The first-order valence-electron chi connectivity index (χ1n) is 4.86. The molecule has 0 saturated heterocycles. The molecule has 5 heteroatoms. The fourth-order valence-electron chi connectivity index (χ4n) is 1.78. The summed E-state index contributed by atoms with van der Waals surface area (Å²) in [5.41, 5.74) is 2.00. The van der Waals surface area contributed by atoms with Crippen LogP contribution in [0.15, 0.2) is 41.4 Å². The Kier molecular flexibility index (Phi) is 2.07. The molecular weight excluding hydrogens is 268 g/mol. The molecule has 0 aliphatic rings. The van der Waals surface area contributed by atoms with Gasteiger partial charge in [-0.05, 0) is 28.1 Å². The van der Waals surface area contributed by atoms with Crippen molar-refractivity contribution < 1.29 is 0 Å². The van der Waals surface area contributed by atoms with Crippen molar-refractivity contribution in [3.8, 4) is 5.69 Å². The Labute approximate surface area is 101 Å². The van der Waals surface area contributed by atoms with Crippen LogP contribution in [0.4, 0.5) is 0 Å². The Bertz CT molecular complexity index is 653. The maximum Gasteiger partial charge on any atom is 0.141 e. The second-order valence-electron chi connectivity index (χ2n) is 3.60. The maximum absolute atomic E-state index is 4.34. The van der Waals surface area contributed by atoms with Crippen molar-refractivity contribution >= 4 is 27.0 Å². The Balaban J connectivity index is 2.31. The minimum Gasteiger partial charge on any atom is -0.336 e. The standard InChI is InChI=1S/C11H9BrN4/c1-15-5-3-9-10(2-4-13-11(9)15)16-7-8(12)6-14-16/h2-7H,1H3. The van der Waals surface area contributed by atoms with Crippen LogP contribution in [0.5, 0.6) is 0 Å². The van der Waals surface area contributed by atoms with Gasteiger partial charge in [0.25, 0.3) is 0 Å². The number of halogens is 1. The van der Waals surface area contributed by atoms with E-state index in [1.807, 2.05) is 40.8 Å². The number of rotatable bonds is 1. The summed E-state index contributed by atoms with van der Waals surface area (Å²) in [6.45, 7) is 0. The molecule has 0 radical (unpaired) electrons. The number of hydrogen-bond acceptors (Lipinski definition) is 2. The van der Waals surface area contributed by atoms with Crippen molar-refractivity contribution in [2.24, 2.45) is 7.05 Å². The van der Waals surface area contributed by atoms with Crippen LogP contribution in [-0.2, 0) is 7.05 Å². The lowest BCUT2D eigenvalue weighted by atomic mass is 10.3. The van der Waals surface area contributed by atoms with Crippen LogP contribution in [0.3, 0.4) is 0 Å². The number of aryl methyl sites for hydroxylation is 1. The normalized spacial score (nSPS) is 11.1. The maximum atomic E-state index is 4.34. The zero-order chi connectivity index (χ0) is 11.1. The summed E-state index contributed by atoms with van der Waals surface area (Å²) < 4.78 is 4.80. The van der Waals surface area contributed by atoms with Gasteiger partial charge in [-0.25, -0.2) is 9.67 Å². The van der Waals surface area contributed by atoms with Crippen molar-refractivity contribution in [3.05, 3.63) is 41.4 Å². The Morgan fingerprint density at radius 1 is 1.31 bits per heavy atom. The quantitative estimate of drug-likeness (QED) is 0.685. The average Bonchev–Trinajstić information content (AvgIpc) is 2.86. The van der Waals surface area contributed by atoms with Crippen molar-refractivity contribution in [1.29, 1.82) is 0 Å². The molecule has 3 aromatic heterocycles. The van der Waals surface area contributed by atoms with E-state index >= 15 is 0 Å². The summed E-state index contributed by atoms with van der Waals surface area (Å²) >= 11 is 3.39. The molecular formula is C11H9BrN4. The van der Waals surface area contributed by atoms with Crippen LogP contribution in [0.2, 0.25) is 0 Å². The molecule has 0 bridgehead atoms. The van der Waals surface area contributed by atoms with Gasteiger partial charge in [0.05, 0.1) is 16.4 Å². The Morgan fingerprint density at radius 3 is 2.94 bits per heavy atom. The third-order valence-corrected chi connectivity index (χ3v) is 2.95. The average molecular weight is 277 g/mol. The van der Waals surface area contributed by atoms with Gasteiger partial charge in [0.2, 0.25) is 0 Å². The SMILES string of the molecule is Cn1ccc2c(-n3cc(Br)cn3)ccnc21. The number of aromatic nitrogens is 4. The van der Waals surface area contributed by atoms with Gasteiger partial charge < -0.3 is 4.57 Å². The van der Waals surface area contributed by atoms with Crippen LogP contribution in [0.1, 0.15) is 0 Å². The molecule has 0 aliphatic carbocycles. The first-order chi connectivity index (χ1) is 7.75. The second kappa shape index (κ2) is 3.45. The topological polar surface area (TPSA) is 35.6 Å². The minimum atomic E-state index is 0.962. The van der Waals surface area contributed by atoms with Gasteiger partial charge >= 0.3 is 0 Å². The van der Waals surface area contributed by atoms with E-state index in [0.29, 0.717) is 0 Å². The van der Waals surface area contributed by atoms with Crippen LogP contribution in [0, 0.1) is 0 Å². The molecule has 0 amide bonds. The van der Waals surface area contributed by atoms with E-state index in [1.165, 1.54) is 0 Å². The first-order valence-corrected chi connectivity index (χ1v) is 5.65. The zero-order valence-corrected chi connectivity index (χ0v) is 10.2. The van der Waals surface area contributed by atoms with Crippen molar-refractivity contribution in [3.63, 3.8) is 0 Å². The van der Waals surface area contributed by atoms with Crippen LogP contribution >= 0.6 is 15.9 Å².